The lowest BCUT2D eigenvalue weighted by molar-refractivity contribution is 0.158. The molecule has 4 rings (SSSR count). The Labute approximate surface area is 238 Å². The smallest absolute Gasteiger partial charge is 0.258 e. The van der Waals surface area contributed by atoms with E-state index in [4.69, 9.17) is 0 Å². The number of pyridine rings is 1. The van der Waals surface area contributed by atoms with Crippen LogP contribution in [0.5, 0.6) is 0 Å². The summed E-state index contributed by atoms with van der Waals surface area (Å²) in [5, 5.41) is 1.42. The summed E-state index contributed by atoms with van der Waals surface area (Å²) in [6.07, 6.45) is 6.05. The minimum Gasteiger partial charge on any atom is -0.315 e. The summed E-state index contributed by atoms with van der Waals surface area (Å²) in [6, 6.07) is 9.84. The van der Waals surface area contributed by atoms with E-state index in [1.54, 1.807) is 23.6 Å². The zero-order valence-electron chi connectivity index (χ0n) is 25.4. The summed E-state index contributed by atoms with van der Waals surface area (Å²) >= 11 is 0. The summed E-state index contributed by atoms with van der Waals surface area (Å²) in [6.45, 7) is 14.2. The Kier molecular flexibility index (Phi) is 11.4. The lowest BCUT2D eigenvalue weighted by Gasteiger charge is -2.35. The molecule has 0 amide bonds. The SMILES string of the molecule is CCCC(CC(C)N1CCCCC1)c1cc2c(C(C)C)cc(F)cc2c(=O)n1C.Cc1ccc(F)cc1C(C)F. The van der Waals surface area contributed by atoms with E-state index in [1.165, 1.54) is 57.5 Å². The molecule has 0 spiro atoms. The normalized spacial score (nSPS) is 16.5. The van der Waals surface area contributed by atoms with Crippen LogP contribution in [0.3, 0.4) is 0 Å². The number of benzene rings is 2. The summed E-state index contributed by atoms with van der Waals surface area (Å²) in [5.41, 5.74) is 3.18. The van der Waals surface area contributed by atoms with Gasteiger partial charge in [0.05, 0.1) is 5.39 Å². The fraction of sp³-hybridized carbons (Fsp3) is 0.559. The van der Waals surface area contributed by atoms with Crippen molar-refractivity contribution in [3.05, 3.63) is 80.8 Å². The van der Waals surface area contributed by atoms with Gasteiger partial charge in [0.15, 0.2) is 0 Å². The lowest BCUT2D eigenvalue weighted by atomic mass is 9.88. The van der Waals surface area contributed by atoms with E-state index in [-0.39, 0.29) is 23.1 Å². The number of alkyl halides is 1. The Hall–Kier alpha value is -2.60. The third-order valence-electron chi connectivity index (χ3n) is 8.38. The van der Waals surface area contributed by atoms with Crippen LogP contribution in [0.2, 0.25) is 0 Å². The van der Waals surface area contributed by atoms with Crippen LogP contribution < -0.4 is 5.56 Å². The molecule has 1 aromatic heterocycles. The number of hydrogen-bond donors (Lipinski definition) is 0. The van der Waals surface area contributed by atoms with Crippen LogP contribution in [0.25, 0.3) is 10.8 Å². The predicted octanol–water partition coefficient (Wildman–Crippen LogP) is 9.11. The second-order valence-electron chi connectivity index (χ2n) is 11.8. The number of rotatable bonds is 8. The third kappa shape index (κ3) is 7.78. The first-order valence-corrected chi connectivity index (χ1v) is 14.9. The Morgan fingerprint density at radius 2 is 1.52 bits per heavy atom. The maximum Gasteiger partial charge on any atom is 0.258 e. The van der Waals surface area contributed by atoms with Crippen molar-refractivity contribution in [3.63, 3.8) is 0 Å². The molecular weight excluding hydrogens is 509 g/mol. The molecule has 2 heterocycles. The molecule has 0 saturated carbocycles. The molecule has 1 fully saturated rings. The van der Waals surface area contributed by atoms with Crippen molar-refractivity contribution < 1.29 is 13.2 Å². The highest BCUT2D eigenvalue weighted by Gasteiger charge is 2.24. The molecule has 1 aliphatic rings. The van der Waals surface area contributed by atoms with E-state index in [0.29, 0.717) is 22.9 Å². The van der Waals surface area contributed by atoms with E-state index in [0.717, 1.165) is 41.5 Å². The van der Waals surface area contributed by atoms with Crippen LogP contribution in [0.1, 0.15) is 114 Å². The molecule has 0 radical (unpaired) electrons. The number of nitrogens with zero attached hydrogens (tertiary/aromatic N) is 2. The number of aryl methyl sites for hydroxylation is 1. The fourth-order valence-electron chi connectivity index (χ4n) is 6.08. The highest BCUT2D eigenvalue weighted by Crippen LogP contribution is 2.32. The molecule has 3 unspecified atom stereocenters. The van der Waals surface area contributed by atoms with Gasteiger partial charge in [0, 0.05) is 24.7 Å². The predicted molar refractivity (Wildman–Crippen MR) is 161 cm³/mol. The second-order valence-corrected chi connectivity index (χ2v) is 11.8. The van der Waals surface area contributed by atoms with Gasteiger partial charge >= 0.3 is 0 Å². The number of hydrogen-bond acceptors (Lipinski definition) is 2. The first-order chi connectivity index (χ1) is 18.9. The number of aromatic nitrogens is 1. The topological polar surface area (TPSA) is 25.2 Å². The van der Waals surface area contributed by atoms with Crippen LogP contribution in [0, 0.1) is 18.6 Å². The maximum atomic E-state index is 14.2. The van der Waals surface area contributed by atoms with Crippen LogP contribution in [-0.2, 0) is 7.05 Å². The van der Waals surface area contributed by atoms with Crippen LogP contribution in [-0.4, -0.2) is 28.6 Å². The molecule has 0 bridgehead atoms. The van der Waals surface area contributed by atoms with Crippen LogP contribution in [0.4, 0.5) is 13.2 Å². The van der Waals surface area contributed by atoms with E-state index in [1.807, 2.05) is 7.05 Å². The average Bonchev–Trinajstić information content (AvgIpc) is 2.92. The quantitative estimate of drug-likeness (QED) is 0.276. The fourth-order valence-corrected chi connectivity index (χ4v) is 6.08. The molecule has 1 saturated heterocycles. The molecular formula is C34H47F3N2O. The van der Waals surface area contributed by atoms with Crippen molar-refractivity contribution in [2.45, 2.75) is 104 Å². The first kappa shape index (κ1) is 31.9. The first-order valence-electron chi connectivity index (χ1n) is 14.9. The van der Waals surface area contributed by atoms with Gasteiger partial charge in [-0.3, -0.25) is 4.79 Å². The summed E-state index contributed by atoms with van der Waals surface area (Å²) < 4.78 is 41.2. The Bertz CT molecular complexity index is 1320. The average molecular weight is 557 g/mol. The Morgan fingerprint density at radius 3 is 2.10 bits per heavy atom. The van der Waals surface area contributed by atoms with Gasteiger partial charge in [-0.2, -0.15) is 0 Å². The van der Waals surface area contributed by atoms with Gasteiger partial charge in [-0.1, -0.05) is 39.7 Å². The highest BCUT2D eigenvalue weighted by atomic mass is 19.1. The zero-order valence-corrected chi connectivity index (χ0v) is 25.4. The lowest BCUT2D eigenvalue weighted by Crippen LogP contribution is -2.38. The van der Waals surface area contributed by atoms with Gasteiger partial charge in [-0.15, -0.1) is 0 Å². The minimum absolute atomic E-state index is 0.0781. The van der Waals surface area contributed by atoms with Gasteiger partial charge < -0.3 is 9.47 Å². The maximum absolute atomic E-state index is 14.2. The molecule has 3 nitrogen and oxygen atoms in total. The van der Waals surface area contributed by atoms with Crippen molar-refractivity contribution in [2.24, 2.45) is 7.05 Å². The Balaban J connectivity index is 0.000000336. The summed E-state index contributed by atoms with van der Waals surface area (Å²) in [4.78, 5) is 15.8. The molecule has 0 N–H and O–H groups in total. The van der Waals surface area contributed by atoms with Gasteiger partial charge in [0.25, 0.3) is 5.56 Å². The molecule has 40 heavy (non-hydrogen) atoms. The van der Waals surface area contributed by atoms with Gasteiger partial charge in [-0.25, -0.2) is 13.2 Å². The van der Waals surface area contributed by atoms with E-state index < -0.39 is 6.17 Å². The zero-order chi connectivity index (χ0) is 29.6. The van der Waals surface area contributed by atoms with Crippen molar-refractivity contribution in [2.75, 3.05) is 13.1 Å². The number of piperidine rings is 1. The number of likely N-dealkylation sites (tertiary alicyclic amines) is 1. The standard InChI is InChI=1S/C25H37FN2O.C9H10F2/c1-6-10-19(13-18(4)28-11-8-7-9-12-28)24-16-22-21(17(2)3)14-20(26)15-23(22)25(29)27(24)5;1-6-3-4-8(11)5-9(6)7(2)10/h14-19H,6-13H2,1-5H3;3-5,7H,1-2H3. The van der Waals surface area contributed by atoms with Crippen LogP contribution in [0.15, 0.2) is 41.2 Å². The monoisotopic (exact) mass is 556 g/mol. The molecule has 0 aliphatic carbocycles. The van der Waals surface area contributed by atoms with Gasteiger partial charge in [0.2, 0.25) is 0 Å². The van der Waals surface area contributed by atoms with E-state index in [9.17, 15) is 18.0 Å². The van der Waals surface area contributed by atoms with E-state index in [2.05, 4.69) is 38.7 Å². The van der Waals surface area contributed by atoms with Gasteiger partial charge in [-0.05, 0) is 118 Å². The Morgan fingerprint density at radius 1 is 0.875 bits per heavy atom. The van der Waals surface area contributed by atoms with Crippen LogP contribution >= 0.6 is 0 Å². The van der Waals surface area contributed by atoms with E-state index >= 15 is 0 Å². The summed E-state index contributed by atoms with van der Waals surface area (Å²) in [5.74, 6) is -0.195. The highest BCUT2D eigenvalue weighted by molar-refractivity contribution is 5.86. The third-order valence-corrected chi connectivity index (χ3v) is 8.38. The number of fused-ring (bicyclic) bond motifs is 1. The molecule has 3 atom stereocenters. The van der Waals surface area contributed by atoms with Crippen molar-refractivity contribution in [1.29, 1.82) is 0 Å². The molecule has 220 valence electrons. The second kappa shape index (κ2) is 14.3. The van der Waals surface area contributed by atoms with Crippen molar-refractivity contribution in [3.8, 4) is 0 Å². The van der Waals surface area contributed by atoms with Gasteiger partial charge in [0.1, 0.15) is 17.8 Å². The molecule has 6 heteroatoms. The molecule has 2 aromatic carbocycles. The minimum atomic E-state index is -1.09. The van der Waals surface area contributed by atoms with Crippen molar-refractivity contribution >= 4 is 10.8 Å². The molecule has 1 aliphatic heterocycles. The largest absolute Gasteiger partial charge is 0.315 e. The van der Waals surface area contributed by atoms with Crippen molar-refractivity contribution in [1.82, 2.24) is 9.47 Å². The number of halogens is 3. The molecule has 3 aromatic rings. The summed E-state index contributed by atoms with van der Waals surface area (Å²) in [7, 11) is 1.85.